The first-order valence-corrected chi connectivity index (χ1v) is 7.92. The summed E-state index contributed by atoms with van der Waals surface area (Å²) < 4.78 is 43.4. The molecule has 2 heterocycles. The van der Waals surface area contributed by atoms with Crippen LogP contribution in [-0.2, 0) is 0 Å². The van der Waals surface area contributed by atoms with Gasteiger partial charge in [0.2, 0.25) is 0 Å². The molecule has 1 atom stereocenters. The molecule has 0 aliphatic carbocycles. The van der Waals surface area contributed by atoms with E-state index in [1.54, 1.807) is 12.1 Å². The second kappa shape index (κ2) is 6.09. The first-order valence-electron chi connectivity index (χ1n) is 10.4. The third-order valence-electron chi connectivity index (χ3n) is 4.28. The molecule has 0 saturated carbocycles. The largest absolute Gasteiger partial charge is 0.366 e. The Labute approximate surface area is 147 Å². The molecule has 3 N–H and O–H groups in total. The molecule has 5 heteroatoms. The van der Waals surface area contributed by atoms with Crippen molar-refractivity contribution in [1.29, 1.82) is 0 Å². The first kappa shape index (κ1) is 10.3. The predicted molar refractivity (Wildman–Crippen MR) is 94.4 cm³/mol. The SMILES string of the molecule is [2H]c1c([2H])c(-n2nc3c(C(N)=O)cccc3c2[2H])c([2H])c([2H])c1[C@@H]1CCCNC1. The predicted octanol–water partition coefficient (Wildman–Crippen LogP) is 2.59. The van der Waals surface area contributed by atoms with E-state index < -0.39 is 5.91 Å². The number of fused-ring (bicyclic) bond motifs is 1. The second-order valence-electron chi connectivity index (χ2n) is 5.90. The van der Waals surface area contributed by atoms with E-state index in [0.717, 1.165) is 24.1 Å². The lowest BCUT2D eigenvalue weighted by molar-refractivity contribution is 0.100. The summed E-state index contributed by atoms with van der Waals surface area (Å²) in [5.74, 6) is -0.792. The number of hydrogen-bond acceptors (Lipinski definition) is 3. The summed E-state index contributed by atoms with van der Waals surface area (Å²) >= 11 is 0. The van der Waals surface area contributed by atoms with Crippen molar-refractivity contribution in [3.63, 3.8) is 0 Å². The van der Waals surface area contributed by atoms with E-state index in [-0.39, 0.29) is 53.0 Å². The quantitative estimate of drug-likeness (QED) is 0.777. The van der Waals surface area contributed by atoms with Crippen LogP contribution in [0.4, 0.5) is 0 Å². The summed E-state index contributed by atoms with van der Waals surface area (Å²) in [6.45, 7) is 1.48. The summed E-state index contributed by atoms with van der Waals surface area (Å²) in [6.07, 6.45) is 1.57. The molecule has 1 aromatic heterocycles. The zero-order chi connectivity index (χ0) is 20.9. The maximum atomic E-state index is 11.7. The molecule has 24 heavy (non-hydrogen) atoms. The Morgan fingerprint density at radius 3 is 2.88 bits per heavy atom. The van der Waals surface area contributed by atoms with Gasteiger partial charge in [0.15, 0.2) is 0 Å². The van der Waals surface area contributed by atoms with Crippen LogP contribution < -0.4 is 11.1 Å². The van der Waals surface area contributed by atoms with Crippen LogP contribution in [-0.4, -0.2) is 28.8 Å². The van der Waals surface area contributed by atoms with E-state index in [9.17, 15) is 4.79 Å². The van der Waals surface area contributed by atoms with Crippen molar-refractivity contribution in [2.24, 2.45) is 5.73 Å². The topological polar surface area (TPSA) is 72.9 Å². The number of nitrogens with zero attached hydrogens (tertiary/aromatic N) is 2. The van der Waals surface area contributed by atoms with E-state index in [0.29, 0.717) is 17.5 Å². The third kappa shape index (κ3) is 2.67. The monoisotopic (exact) mass is 325 g/mol. The lowest BCUT2D eigenvalue weighted by Crippen LogP contribution is -2.28. The molecule has 122 valence electrons. The average molecular weight is 325 g/mol. The minimum absolute atomic E-state index is 0.0976. The molecule has 1 saturated heterocycles. The lowest BCUT2D eigenvalue weighted by Gasteiger charge is -2.23. The Morgan fingerprint density at radius 2 is 2.17 bits per heavy atom. The summed E-state index contributed by atoms with van der Waals surface area (Å²) in [7, 11) is 0. The van der Waals surface area contributed by atoms with Gasteiger partial charge in [-0.05, 0) is 49.0 Å². The number of primary amides is 1. The summed E-state index contributed by atoms with van der Waals surface area (Å²) in [5, 5.41) is 7.84. The molecule has 0 bridgehead atoms. The van der Waals surface area contributed by atoms with Crippen LogP contribution in [0.25, 0.3) is 16.6 Å². The first-order chi connectivity index (χ1) is 13.8. The molecule has 0 radical (unpaired) electrons. The van der Waals surface area contributed by atoms with Gasteiger partial charge in [-0.1, -0.05) is 24.2 Å². The number of benzene rings is 2. The molecule has 1 amide bonds. The normalized spacial score (nSPS) is 20.8. The van der Waals surface area contributed by atoms with E-state index in [1.807, 2.05) is 0 Å². The number of piperidine rings is 1. The van der Waals surface area contributed by atoms with Crippen molar-refractivity contribution in [1.82, 2.24) is 15.1 Å². The zero-order valence-corrected chi connectivity index (χ0v) is 13.0. The second-order valence-corrected chi connectivity index (χ2v) is 5.90. The molecular formula is C19H20N4O. The van der Waals surface area contributed by atoms with Crippen molar-refractivity contribution in [2.75, 3.05) is 13.1 Å². The van der Waals surface area contributed by atoms with Crippen LogP contribution in [0.2, 0.25) is 0 Å². The van der Waals surface area contributed by atoms with Gasteiger partial charge in [0.25, 0.3) is 5.91 Å². The van der Waals surface area contributed by atoms with Gasteiger partial charge >= 0.3 is 0 Å². The van der Waals surface area contributed by atoms with Gasteiger partial charge in [-0.25, -0.2) is 4.68 Å². The van der Waals surface area contributed by atoms with Gasteiger partial charge in [0, 0.05) is 18.1 Å². The number of carbonyl (C=O) groups is 1. The Morgan fingerprint density at radius 1 is 1.33 bits per heavy atom. The molecule has 3 aromatic rings. The molecule has 5 nitrogen and oxygen atoms in total. The highest BCUT2D eigenvalue weighted by Gasteiger charge is 2.15. The van der Waals surface area contributed by atoms with Crippen LogP contribution in [0, 0.1) is 0 Å². The minimum atomic E-state index is -0.694. The van der Waals surface area contributed by atoms with Crippen LogP contribution in [0.5, 0.6) is 0 Å². The van der Waals surface area contributed by atoms with Crippen LogP contribution in [0.1, 0.15) is 41.5 Å². The molecular weight excluding hydrogens is 300 g/mol. The standard InChI is InChI=1S/C19H20N4O/c20-19(24)17-5-1-3-15-12-23(22-18(15)17)16-8-6-13(7-9-16)14-4-2-10-21-11-14/h1,3,5-9,12,14,21H,2,4,10-11H2,(H2,20,24)/t14-/m1/s1/i6D,7D,8D,9D,12D. The average Bonchev–Trinajstić information content (AvgIpc) is 3.04. The Kier molecular flexibility index (Phi) is 2.60. The zero-order valence-electron chi connectivity index (χ0n) is 18.0. The van der Waals surface area contributed by atoms with Crippen molar-refractivity contribution in [3.05, 3.63) is 59.7 Å². The highest BCUT2D eigenvalue weighted by atomic mass is 16.1. The highest BCUT2D eigenvalue weighted by molar-refractivity contribution is 6.04. The van der Waals surface area contributed by atoms with Crippen molar-refractivity contribution in [2.45, 2.75) is 18.8 Å². The Balaban J connectivity index is 1.96. The third-order valence-corrected chi connectivity index (χ3v) is 4.28. The van der Waals surface area contributed by atoms with Gasteiger partial charge in [-0.2, -0.15) is 5.10 Å². The maximum Gasteiger partial charge on any atom is 0.250 e. The smallest absolute Gasteiger partial charge is 0.250 e. The fourth-order valence-corrected chi connectivity index (χ4v) is 3.01. The minimum Gasteiger partial charge on any atom is -0.366 e. The summed E-state index contributed by atoms with van der Waals surface area (Å²) in [5.41, 5.74) is 6.01. The number of rotatable bonds is 3. The Hall–Kier alpha value is -2.66. The number of nitrogens with one attached hydrogen (secondary N) is 1. The number of aromatic nitrogens is 2. The van der Waals surface area contributed by atoms with E-state index in [2.05, 4.69) is 10.4 Å². The summed E-state index contributed by atoms with van der Waals surface area (Å²) in [4.78, 5) is 11.7. The molecule has 2 aromatic carbocycles. The van der Waals surface area contributed by atoms with Gasteiger partial charge in [0.1, 0.15) is 5.52 Å². The van der Waals surface area contributed by atoms with E-state index in [4.69, 9.17) is 12.6 Å². The van der Waals surface area contributed by atoms with Crippen molar-refractivity contribution >= 4 is 16.8 Å². The molecule has 0 spiro atoms. The van der Waals surface area contributed by atoms with Crippen LogP contribution in [0.3, 0.4) is 0 Å². The number of carbonyl (C=O) groups excluding carboxylic acids is 1. The van der Waals surface area contributed by atoms with Gasteiger partial charge < -0.3 is 11.1 Å². The molecule has 1 aliphatic heterocycles. The van der Waals surface area contributed by atoms with Crippen LogP contribution >= 0.6 is 0 Å². The lowest BCUT2D eigenvalue weighted by atomic mass is 9.92. The van der Waals surface area contributed by atoms with Gasteiger partial charge in [-0.15, -0.1) is 0 Å². The number of nitrogens with two attached hydrogens (primary N) is 1. The van der Waals surface area contributed by atoms with Crippen molar-refractivity contribution < 1.29 is 11.6 Å². The van der Waals surface area contributed by atoms with Crippen LogP contribution in [0.15, 0.2) is 48.5 Å². The van der Waals surface area contributed by atoms with Gasteiger partial charge in [0.05, 0.1) is 18.1 Å². The maximum absolute atomic E-state index is 11.7. The van der Waals surface area contributed by atoms with Gasteiger partial charge in [-0.3, -0.25) is 4.79 Å². The molecule has 1 fully saturated rings. The Bertz CT molecular complexity index is 1110. The summed E-state index contributed by atoms with van der Waals surface area (Å²) in [6, 6.07) is 3.93. The molecule has 4 rings (SSSR count). The fourth-order valence-electron chi connectivity index (χ4n) is 3.01. The number of hydrogen-bond donors (Lipinski definition) is 2. The highest BCUT2D eigenvalue weighted by Crippen LogP contribution is 2.25. The fraction of sp³-hybridized carbons (Fsp3) is 0.263. The molecule has 0 unspecified atom stereocenters. The van der Waals surface area contributed by atoms with Crippen molar-refractivity contribution in [3.8, 4) is 5.69 Å². The van der Waals surface area contributed by atoms with E-state index >= 15 is 0 Å². The molecule has 1 aliphatic rings. The van der Waals surface area contributed by atoms with E-state index in [1.165, 1.54) is 6.07 Å². The number of amides is 1.